The first-order valence-electron chi connectivity index (χ1n) is 20.3. The van der Waals surface area contributed by atoms with Crippen molar-refractivity contribution in [2.24, 2.45) is 22.9 Å². The first-order chi connectivity index (χ1) is 27.5. The third kappa shape index (κ3) is 10.5. The molecular formula is C46H61FN2O8. The molecule has 57 heavy (non-hydrogen) atoms. The second kappa shape index (κ2) is 20.3. The summed E-state index contributed by atoms with van der Waals surface area (Å²) in [7, 11) is 0. The molecule has 5 rings (SSSR count). The number of hydrogen-bond donors (Lipinski definition) is 2. The van der Waals surface area contributed by atoms with Crippen LogP contribution >= 0.6 is 0 Å². The summed E-state index contributed by atoms with van der Waals surface area (Å²) in [5, 5.41) is 24.6. The number of carbonyl (C=O) groups is 1. The van der Waals surface area contributed by atoms with Crippen molar-refractivity contribution >= 4 is 11.8 Å². The van der Waals surface area contributed by atoms with Crippen molar-refractivity contribution in [2.75, 3.05) is 33.0 Å². The fraction of sp³-hybridized carbons (Fsp3) is 0.522. The number of nitrogens with zero attached hydrogens (tertiary/aromatic N) is 2. The molecular weight excluding hydrogens is 728 g/mol. The Kier molecular flexibility index (Phi) is 15.6. The van der Waals surface area contributed by atoms with Gasteiger partial charge in [0.25, 0.3) is 0 Å². The fourth-order valence-corrected chi connectivity index (χ4v) is 8.49. The lowest BCUT2D eigenvalue weighted by atomic mass is 9.55. The van der Waals surface area contributed by atoms with Gasteiger partial charge in [0, 0.05) is 37.7 Å². The molecule has 1 heterocycles. The van der Waals surface area contributed by atoms with Crippen molar-refractivity contribution in [2.45, 2.75) is 102 Å². The number of hydrogen-bond acceptors (Lipinski definition) is 9. The van der Waals surface area contributed by atoms with Crippen molar-refractivity contribution in [3.8, 4) is 11.5 Å². The SMILES string of the molecule is C=CCCOC(=O)N(Cc1ccc(F)cc1)C1CC(=NOC(C)(C)C)C2=CC(CCCCO)C(CCCCO)C3c4cc(OCC=C)ccc4OC1(OCC=C)C23. The number of aliphatic hydroxyl groups is 2. The Labute approximate surface area is 337 Å². The van der Waals surface area contributed by atoms with E-state index in [4.69, 9.17) is 28.9 Å². The number of unbranched alkanes of at least 4 members (excludes halogenated alkanes) is 2. The van der Waals surface area contributed by atoms with Gasteiger partial charge in [-0.25, -0.2) is 9.18 Å². The number of benzene rings is 2. The number of halogens is 1. The van der Waals surface area contributed by atoms with Gasteiger partial charge < -0.3 is 34.0 Å². The quantitative estimate of drug-likeness (QED) is 0.0731. The minimum Gasteiger partial charge on any atom is -0.490 e. The van der Waals surface area contributed by atoms with Gasteiger partial charge in [-0.15, -0.1) is 13.2 Å². The molecule has 2 aliphatic carbocycles. The predicted molar refractivity (Wildman–Crippen MR) is 220 cm³/mol. The Hall–Kier alpha value is -4.45. The van der Waals surface area contributed by atoms with Gasteiger partial charge in [0.1, 0.15) is 35.6 Å². The Bertz CT molecular complexity index is 1740. The summed E-state index contributed by atoms with van der Waals surface area (Å²) in [6.45, 7) is 18.2. The second-order valence-electron chi connectivity index (χ2n) is 16.0. The predicted octanol–water partition coefficient (Wildman–Crippen LogP) is 9.04. The third-order valence-corrected chi connectivity index (χ3v) is 10.9. The smallest absolute Gasteiger partial charge is 0.410 e. The number of ether oxygens (including phenoxy) is 4. The number of rotatable bonds is 21. The second-order valence-corrected chi connectivity index (χ2v) is 16.0. The topological polar surface area (TPSA) is 119 Å². The van der Waals surface area contributed by atoms with Crippen LogP contribution in [0.25, 0.3) is 0 Å². The molecule has 0 saturated heterocycles. The molecule has 2 N–H and O–H groups in total. The van der Waals surface area contributed by atoms with E-state index in [2.05, 4.69) is 25.8 Å². The summed E-state index contributed by atoms with van der Waals surface area (Å²) in [4.78, 5) is 22.3. The summed E-state index contributed by atoms with van der Waals surface area (Å²) in [6, 6.07) is 11.0. The van der Waals surface area contributed by atoms with Crippen molar-refractivity contribution in [1.29, 1.82) is 0 Å². The van der Waals surface area contributed by atoms with Gasteiger partial charge in [0.2, 0.25) is 5.79 Å². The van der Waals surface area contributed by atoms with Crippen LogP contribution in [0.1, 0.15) is 89.2 Å². The summed E-state index contributed by atoms with van der Waals surface area (Å²) >= 11 is 0. The zero-order chi connectivity index (χ0) is 41.0. The van der Waals surface area contributed by atoms with Crippen LogP contribution in [-0.2, 0) is 20.9 Å². The number of amides is 1. The molecule has 0 spiro atoms. The average molecular weight is 789 g/mol. The molecule has 1 fully saturated rings. The highest BCUT2D eigenvalue weighted by Gasteiger charge is 2.65. The van der Waals surface area contributed by atoms with E-state index in [-0.39, 0.29) is 63.0 Å². The number of aliphatic hydroxyl groups excluding tert-OH is 2. The highest BCUT2D eigenvalue weighted by atomic mass is 19.1. The van der Waals surface area contributed by atoms with Crippen LogP contribution in [0.2, 0.25) is 0 Å². The zero-order valence-electron chi connectivity index (χ0n) is 33.9. The minimum atomic E-state index is -1.48. The van der Waals surface area contributed by atoms with Crippen LogP contribution in [-0.4, -0.2) is 77.4 Å². The maximum atomic E-state index is 14.5. The Balaban J connectivity index is 1.81. The maximum absolute atomic E-state index is 14.5. The summed E-state index contributed by atoms with van der Waals surface area (Å²) in [5.74, 6) is -1.22. The number of carbonyl (C=O) groups excluding carboxylic acids is 1. The number of allylic oxidation sites excluding steroid dienone is 1. The molecule has 11 heteroatoms. The molecule has 6 atom stereocenters. The Morgan fingerprint density at radius 1 is 1.00 bits per heavy atom. The Morgan fingerprint density at radius 3 is 2.39 bits per heavy atom. The first-order valence-corrected chi connectivity index (χ1v) is 20.3. The van der Waals surface area contributed by atoms with Crippen molar-refractivity contribution in [1.82, 2.24) is 4.90 Å². The van der Waals surface area contributed by atoms with Crippen LogP contribution in [0.15, 0.2) is 97.2 Å². The molecule has 1 saturated carbocycles. The third-order valence-electron chi connectivity index (χ3n) is 10.9. The molecule has 2 aromatic carbocycles. The van der Waals surface area contributed by atoms with E-state index in [1.807, 2.05) is 39.0 Å². The van der Waals surface area contributed by atoms with Gasteiger partial charge in [-0.3, -0.25) is 4.90 Å². The molecule has 6 unspecified atom stereocenters. The number of oxime groups is 1. The molecule has 310 valence electrons. The van der Waals surface area contributed by atoms with E-state index in [1.54, 1.807) is 35.3 Å². The lowest BCUT2D eigenvalue weighted by Crippen LogP contribution is -2.70. The largest absolute Gasteiger partial charge is 0.490 e. The van der Waals surface area contributed by atoms with Crippen molar-refractivity contribution in [3.05, 3.63) is 109 Å². The normalized spacial score (nSPS) is 24.3. The van der Waals surface area contributed by atoms with Gasteiger partial charge >= 0.3 is 6.09 Å². The van der Waals surface area contributed by atoms with E-state index in [0.29, 0.717) is 48.6 Å². The molecule has 1 amide bonds. The maximum Gasteiger partial charge on any atom is 0.410 e. The van der Waals surface area contributed by atoms with E-state index >= 15 is 0 Å². The first kappa shape index (κ1) is 43.7. The highest BCUT2D eigenvalue weighted by Crippen LogP contribution is 2.62. The van der Waals surface area contributed by atoms with Gasteiger partial charge in [-0.05, 0) is 106 Å². The minimum absolute atomic E-state index is 0.0432. The van der Waals surface area contributed by atoms with Crippen LogP contribution in [0.4, 0.5) is 9.18 Å². The molecule has 0 aromatic heterocycles. The highest BCUT2D eigenvalue weighted by molar-refractivity contribution is 6.03. The number of fused-ring (bicyclic) bond motifs is 2. The van der Waals surface area contributed by atoms with Crippen molar-refractivity contribution < 1.29 is 43.2 Å². The van der Waals surface area contributed by atoms with Gasteiger partial charge in [0.05, 0.1) is 24.8 Å². The summed E-state index contributed by atoms with van der Waals surface area (Å²) < 4.78 is 40.5. The van der Waals surface area contributed by atoms with Crippen LogP contribution in [0, 0.1) is 23.6 Å². The lowest BCUT2D eigenvalue weighted by Gasteiger charge is -2.60. The molecule has 3 aliphatic rings. The lowest BCUT2D eigenvalue weighted by molar-refractivity contribution is -0.256. The van der Waals surface area contributed by atoms with E-state index in [0.717, 1.165) is 36.8 Å². The van der Waals surface area contributed by atoms with Crippen molar-refractivity contribution in [3.63, 3.8) is 0 Å². The van der Waals surface area contributed by atoms with Crippen LogP contribution in [0.3, 0.4) is 0 Å². The van der Waals surface area contributed by atoms with Gasteiger partial charge in [-0.2, -0.15) is 0 Å². The zero-order valence-corrected chi connectivity index (χ0v) is 33.9. The van der Waals surface area contributed by atoms with Crippen LogP contribution < -0.4 is 9.47 Å². The molecule has 1 aliphatic heterocycles. The van der Waals surface area contributed by atoms with E-state index < -0.39 is 29.4 Å². The average Bonchev–Trinajstić information content (AvgIpc) is 3.19. The Morgan fingerprint density at radius 2 is 1.72 bits per heavy atom. The summed E-state index contributed by atoms with van der Waals surface area (Å²) in [6.07, 6.45) is 12.0. The fourth-order valence-electron chi connectivity index (χ4n) is 8.49. The summed E-state index contributed by atoms with van der Waals surface area (Å²) in [5.41, 5.74) is 2.59. The molecule has 0 radical (unpaired) electrons. The van der Waals surface area contributed by atoms with Crippen LogP contribution in [0.5, 0.6) is 11.5 Å². The molecule has 10 nitrogen and oxygen atoms in total. The molecule has 2 aromatic rings. The van der Waals surface area contributed by atoms with E-state index in [9.17, 15) is 19.4 Å². The standard InChI is InChI=1S/C46H61FN2O8/c1-7-10-27-54-44(52)49(31-32-17-19-34(47)20-18-32)41-30-39(48-57-45(4,5)6)37-28-33(15-11-13-23-50)36(16-12-14-24-51)42-38-29-35(53-25-8-2)21-22-40(38)56-46(41,43(37)42)55-26-9-3/h7-9,17-22,28-29,33,36,41-43,50-51H,1-3,10-16,23-27,30-31H2,4-6H3. The van der Waals surface area contributed by atoms with Gasteiger partial charge in [-0.1, -0.05) is 61.0 Å². The van der Waals surface area contributed by atoms with E-state index in [1.165, 1.54) is 12.1 Å². The molecule has 0 bridgehead atoms. The van der Waals surface area contributed by atoms with Gasteiger partial charge in [0.15, 0.2) is 0 Å². The monoisotopic (exact) mass is 788 g/mol.